The number of nitrogens with zero attached hydrogens (tertiary/aromatic N) is 2. The Bertz CT molecular complexity index is 705. The van der Waals surface area contributed by atoms with Crippen molar-refractivity contribution in [3.63, 3.8) is 0 Å². The lowest BCUT2D eigenvalue weighted by atomic mass is 10.1. The molecule has 2 atom stereocenters. The van der Waals surface area contributed by atoms with Crippen LogP contribution < -0.4 is 10.6 Å². The third kappa shape index (κ3) is 4.36. The van der Waals surface area contributed by atoms with Crippen LogP contribution in [0.5, 0.6) is 0 Å². The Morgan fingerprint density at radius 2 is 2.00 bits per heavy atom. The molecule has 1 aromatic heterocycles. The number of rotatable bonds is 5. The van der Waals surface area contributed by atoms with Crippen molar-refractivity contribution in [2.24, 2.45) is 0 Å². The van der Waals surface area contributed by atoms with Gasteiger partial charge in [-0.1, -0.05) is 19.0 Å². The number of ether oxygens (including phenoxy) is 1. The molecule has 1 fully saturated rings. The molecule has 2 amide bonds. The maximum absolute atomic E-state index is 12.1. The summed E-state index contributed by atoms with van der Waals surface area (Å²) in [6.07, 6.45) is 2.13. The Balaban J connectivity index is 1.57. The second-order valence-corrected chi connectivity index (χ2v) is 6.63. The quantitative estimate of drug-likeness (QED) is 0.866. The fourth-order valence-corrected chi connectivity index (χ4v) is 2.75. The minimum atomic E-state index is -0.240. The van der Waals surface area contributed by atoms with E-state index in [1.807, 2.05) is 45.0 Å². The molecule has 0 spiro atoms. The summed E-state index contributed by atoms with van der Waals surface area (Å²) in [6.45, 7) is 6.75. The number of hydrogen-bond acceptors (Lipinski definition) is 5. The summed E-state index contributed by atoms with van der Waals surface area (Å²) < 4.78 is 10.9. The molecule has 2 aromatic rings. The summed E-state index contributed by atoms with van der Waals surface area (Å²) in [4.78, 5) is 16.5. The van der Waals surface area contributed by atoms with Crippen molar-refractivity contribution in [3.05, 3.63) is 30.1 Å². The highest BCUT2D eigenvalue weighted by atomic mass is 16.5. The van der Waals surface area contributed by atoms with Crippen LogP contribution in [-0.4, -0.2) is 34.9 Å². The molecule has 3 rings (SSSR count). The van der Waals surface area contributed by atoms with Crippen LogP contribution in [0, 0.1) is 0 Å². The van der Waals surface area contributed by atoms with Gasteiger partial charge in [-0.15, -0.1) is 0 Å². The first-order valence-electron chi connectivity index (χ1n) is 8.66. The molecular formula is C18H24N4O3. The van der Waals surface area contributed by atoms with E-state index in [4.69, 9.17) is 9.26 Å². The largest absolute Gasteiger partial charge is 0.376 e. The fourth-order valence-electron chi connectivity index (χ4n) is 2.75. The first kappa shape index (κ1) is 17.4. The molecule has 25 heavy (non-hydrogen) atoms. The minimum absolute atomic E-state index is 0.0189. The SMILES string of the molecule is CC(C)c1noc(-c2ccc(NC(=O)N[C@@H](C)[C@@H]3CCCO3)cc2)n1. The van der Waals surface area contributed by atoms with Crippen LogP contribution in [0.25, 0.3) is 11.5 Å². The summed E-state index contributed by atoms with van der Waals surface area (Å²) in [7, 11) is 0. The highest BCUT2D eigenvalue weighted by molar-refractivity contribution is 5.89. The van der Waals surface area contributed by atoms with E-state index in [9.17, 15) is 4.79 Å². The van der Waals surface area contributed by atoms with Crippen LogP contribution in [0.1, 0.15) is 45.4 Å². The van der Waals surface area contributed by atoms with Crippen molar-refractivity contribution in [2.75, 3.05) is 11.9 Å². The Kier molecular flexibility index (Phi) is 5.33. The van der Waals surface area contributed by atoms with Crippen molar-refractivity contribution < 1.29 is 14.1 Å². The van der Waals surface area contributed by atoms with Gasteiger partial charge < -0.3 is 19.9 Å². The van der Waals surface area contributed by atoms with Gasteiger partial charge >= 0.3 is 6.03 Å². The van der Waals surface area contributed by atoms with Gasteiger partial charge in [0, 0.05) is 23.8 Å². The second-order valence-electron chi connectivity index (χ2n) is 6.63. The van der Waals surface area contributed by atoms with E-state index in [-0.39, 0.29) is 24.1 Å². The van der Waals surface area contributed by atoms with Crippen molar-refractivity contribution >= 4 is 11.7 Å². The molecule has 1 aliphatic heterocycles. The smallest absolute Gasteiger partial charge is 0.319 e. The van der Waals surface area contributed by atoms with Gasteiger partial charge in [-0.2, -0.15) is 4.98 Å². The van der Waals surface area contributed by atoms with Gasteiger partial charge in [0.2, 0.25) is 0 Å². The van der Waals surface area contributed by atoms with E-state index in [1.165, 1.54) is 0 Å². The van der Waals surface area contributed by atoms with E-state index in [0.29, 0.717) is 17.4 Å². The normalized spacial score (nSPS) is 18.3. The number of urea groups is 1. The number of carbonyl (C=O) groups is 1. The number of hydrogen-bond donors (Lipinski definition) is 2. The number of benzene rings is 1. The van der Waals surface area contributed by atoms with Gasteiger partial charge in [0.15, 0.2) is 5.82 Å². The number of nitrogens with one attached hydrogen (secondary N) is 2. The molecule has 2 N–H and O–H groups in total. The van der Waals surface area contributed by atoms with Crippen molar-refractivity contribution in [3.8, 4) is 11.5 Å². The van der Waals surface area contributed by atoms with E-state index >= 15 is 0 Å². The average Bonchev–Trinajstić information content (AvgIpc) is 3.27. The summed E-state index contributed by atoms with van der Waals surface area (Å²) in [6, 6.07) is 7.05. The van der Waals surface area contributed by atoms with Gasteiger partial charge in [-0.25, -0.2) is 4.79 Å². The molecule has 134 valence electrons. The zero-order valence-corrected chi connectivity index (χ0v) is 14.8. The molecule has 0 unspecified atom stereocenters. The molecule has 1 aromatic carbocycles. The zero-order chi connectivity index (χ0) is 17.8. The van der Waals surface area contributed by atoms with Crippen LogP contribution in [0.15, 0.2) is 28.8 Å². The van der Waals surface area contributed by atoms with Crippen LogP contribution >= 0.6 is 0 Å². The third-order valence-electron chi connectivity index (χ3n) is 4.23. The van der Waals surface area contributed by atoms with Gasteiger partial charge in [0.25, 0.3) is 5.89 Å². The van der Waals surface area contributed by atoms with Gasteiger partial charge in [-0.3, -0.25) is 0 Å². The molecule has 0 saturated carbocycles. The van der Waals surface area contributed by atoms with Gasteiger partial charge in [0.1, 0.15) is 0 Å². The van der Waals surface area contributed by atoms with Crippen molar-refractivity contribution in [2.45, 2.75) is 51.7 Å². The molecular weight excluding hydrogens is 320 g/mol. The molecule has 7 heteroatoms. The summed E-state index contributed by atoms with van der Waals surface area (Å²) in [5.74, 6) is 1.37. The van der Waals surface area contributed by atoms with Crippen molar-refractivity contribution in [1.82, 2.24) is 15.5 Å². The topological polar surface area (TPSA) is 89.3 Å². The third-order valence-corrected chi connectivity index (χ3v) is 4.23. The highest BCUT2D eigenvalue weighted by Crippen LogP contribution is 2.22. The van der Waals surface area contributed by atoms with E-state index in [1.54, 1.807) is 0 Å². The lowest BCUT2D eigenvalue weighted by Gasteiger charge is -2.20. The number of amides is 2. The average molecular weight is 344 g/mol. The number of anilines is 1. The first-order valence-corrected chi connectivity index (χ1v) is 8.66. The molecule has 1 saturated heterocycles. The lowest BCUT2D eigenvalue weighted by molar-refractivity contribution is 0.0868. The molecule has 7 nitrogen and oxygen atoms in total. The maximum Gasteiger partial charge on any atom is 0.319 e. The van der Waals surface area contributed by atoms with E-state index in [2.05, 4.69) is 20.8 Å². The Morgan fingerprint density at radius 3 is 2.60 bits per heavy atom. The summed E-state index contributed by atoms with van der Waals surface area (Å²) in [5.41, 5.74) is 1.52. The van der Waals surface area contributed by atoms with E-state index < -0.39 is 0 Å². The monoisotopic (exact) mass is 344 g/mol. The maximum atomic E-state index is 12.1. The van der Waals surface area contributed by atoms with Crippen LogP contribution in [0.2, 0.25) is 0 Å². The fraction of sp³-hybridized carbons (Fsp3) is 0.500. The predicted molar refractivity (Wildman–Crippen MR) is 94.4 cm³/mol. The van der Waals surface area contributed by atoms with Crippen LogP contribution in [0.4, 0.5) is 10.5 Å². The van der Waals surface area contributed by atoms with Gasteiger partial charge in [-0.05, 0) is 44.0 Å². The molecule has 0 bridgehead atoms. The van der Waals surface area contributed by atoms with Crippen molar-refractivity contribution in [1.29, 1.82) is 0 Å². The Labute approximate surface area is 147 Å². The van der Waals surface area contributed by atoms with Gasteiger partial charge in [0.05, 0.1) is 12.1 Å². The standard InChI is InChI=1S/C18H24N4O3/c1-11(2)16-21-17(25-22-16)13-6-8-14(9-7-13)20-18(23)19-12(3)15-5-4-10-24-15/h6-9,11-12,15H,4-5,10H2,1-3H3,(H2,19,20,23)/t12-,15-/m0/s1. The molecule has 2 heterocycles. The van der Waals surface area contributed by atoms with Crippen LogP contribution in [0.3, 0.4) is 0 Å². The summed E-state index contributed by atoms with van der Waals surface area (Å²) >= 11 is 0. The number of carbonyl (C=O) groups excluding carboxylic acids is 1. The first-order chi connectivity index (χ1) is 12.0. The molecule has 1 aliphatic rings. The molecule has 0 aliphatic carbocycles. The second kappa shape index (κ2) is 7.65. The number of aromatic nitrogens is 2. The minimum Gasteiger partial charge on any atom is -0.376 e. The lowest BCUT2D eigenvalue weighted by Crippen LogP contribution is -2.42. The summed E-state index contributed by atoms with van der Waals surface area (Å²) in [5, 5.41) is 9.70. The van der Waals surface area contributed by atoms with Crippen LogP contribution in [-0.2, 0) is 4.74 Å². The highest BCUT2D eigenvalue weighted by Gasteiger charge is 2.23. The predicted octanol–water partition coefficient (Wildman–Crippen LogP) is 3.55. The Hall–Kier alpha value is -2.41. The molecule has 0 radical (unpaired) electrons. The van der Waals surface area contributed by atoms with E-state index in [0.717, 1.165) is 25.0 Å². The zero-order valence-electron chi connectivity index (χ0n) is 14.8. The Morgan fingerprint density at radius 1 is 1.24 bits per heavy atom.